The maximum absolute atomic E-state index is 5.75. The van der Waals surface area contributed by atoms with E-state index in [1.54, 1.807) is 6.07 Å². The molecule has 0 bridgehead atoms. The van der Waals surface area contributed by atoms with Gasteiger partial charge in [0, 0.05) is 16.6 Å². The highest BCUT2D eigenvalue weighted by Crippen LogP contribution is 2.19. The summed E-state index contributed by atoms with van der Waals surface area (Å²) in [7, 11) is 0. The van der Waals surface area contributed by atoms with E-state index >= 15 is 0 Å². The SMILES string of the molecule is Nc1cc(Cl)ccc1C=CCCCl. The Morgan fingerprint density at radius 1 is 1.38 bits per heavy atom. The van der Waals surface area contributed by atoms with Crippen LogP contribution >= 0.6 is 23.2 Å². The molecular formula is C10H11Cl2N. The summed E-state index contributed by atoms with van der Waals surface area (Å²) in [5.41, 5.74) is 7.41. The molecule has 0 fully saturated rings. The molecule has 1 rings (SSSR count). The van der Waals surface area contributed by atoms with E-state index in [0.717, 1.165) is 12.0 Å². The molecule has 1 aromatic carbocycles. The fourth-order valence-electron chi connectivity index (χ4n) is 0.971. The third kappa shape index (κ3) is 3.29. The highest BCUT2D eigenvalue weighted by molar-refractivity contribution is 6.30. The van der Waals surface area contributed by atoms with Gasteiger partial charge < -0.3 is 5.73 Å². The second kappa shape index (κ2) is 5.15. The van der Waals surface area contributed by atoms with E-state index in [-0.39, 0.29) is 0 Å². The number of hydrogen-bond donors (Lipinski definition) is 1. The highest BCUT2D eigenvalue weighted by Gasteiger charge is 1.94. The summed E-state index contributed by atoms with van der Waals surface area (Å²) in [6.45, 7) is 0. The summed E-state index contributed by atoms with van der Waals surface area (Å²) in [6, 6.07) is 5.45. The number of rotatable bonds is 3. The number of halogens is 2. The predicted molar refractivity (Wildman–Crippen MR) is 60.2 cm³/mol. The first-order valence-electron chi connectivity index (χ1n) is 4.01. The van der Waals surface area contributed by atoms with Gasteiger partial charge in [-0.1, -0.05) is 29.8 Å². The molecule has 1 nitrogen and oxygen atoms in total. The van der Waals surface area contributed by atoms with Crippen LogP contribution in [0.4, 0.5) is 5.69 Å². The molecule has 0 heterocycles. The van der Waals surface area contributed by atoms with Crippen molar-refractivity contribution in [1.29, 1.82) is 0 Å². The minimum atomic E-state index is 0.629. The first-order valence-corrected chi connectivity index (χ1v) is 4.93. The minimum Gasteiger partial charge on any atom is -0.398 e. The number of alkyl halides is 1. The van der Waals surface area contributed by atoms with Gasteiger partial charge in [0.25, 0.3) is 0 Å². The molecule has 0 saturated heterocycles. The maximum Gasteiger partial charge on any atom is 0.0426 e. The van der Waals surface area contributed by atoms with Gasteiger partial charge in [0.2, 0.25) is 0 Å². The van der Waals surface area contributed by atoms with Crippen LogP contribution in [0.25, 0.3) is 6.08 Å². The summed E-state index contributed by atoms with van der Waals surface area (Å²) < 4.78 is 0. The lowest BCUT2D eigenvalue weighted by molar-refractivity contribution is 1.24. The molecule has 0 aliphatic heterocycles. The molecule has 0 aliphatic rings. The Bertz CT molecular complexity index is 308. The lowest BCUT2D eigenvalue weighted by atomic mass is 10.1. The summed E-state index contributed by atoms with van der Waals surface area (Å²) in [4.78, 5) is 0. The molecule has 0 aromatic heterocycles. The van der Waals surface area contributed by atoms with Gasteiger partial charge in [-0.25, -0.2) is 0 Å². The van der Waals surface area contributed by atoms with Crippen molar-refractivity contribution in [3.8, 4) is 0 Å². The molecule has 0 saturated carbocycles. The second-order valence-electron chi connectivity index (χ2n) is 2.65. The Kier molecular flexibility index (Phi) is 4.13. The molecule has 0 atom stereocenters. The third-order valence-corrected chi connectivity index (χ3v) is 2.08. The van der Waals surface area contributed by atoms with Crippen LogP contribution in [0.2, 0.25) is 5.02 Å². The van der Waals surface area contributed by atoms with E-state index in [9.17, 15) is 0 Å². The van der Waals surface area contributed by atoms with E-state index in [1.807, 2.05) is 24.3 Å². The lowest BCUT2D eigenvalue weighted by Gasteiger charge is -1.99. The Hall–Kier alpha value is -0.660. The van der Waals surface area contributed by atoms with E-state index in [4.69, 9.17) is 28.9 Å². The molecule has 13 heavy (non-hydrogen) atoms. The second-order valence-corrected chi connectivity index (χ2v) is 3.47. The van der Waals surface area contributed by atoms with Crippen molar-refractivity contribution >= 4 is 35.0 Å². The zero-order valence-corrected chi connectivity index (χ0v) is 8.65. The molecule has 70 valence electrons. The van der Waals surface area contributed by atoms with Crippen molar-refractivity contribution in [2.45, 2.75) is 6.42 Å². The number of nitrogens with two attached hydrogens (primary N) is 1. The summed E-state index contributed by atoms with van der Waals surface area (Å²) in [5, 5.41) is 0.659. The molecular weight excluding hydrogens is 205 g/mol. The average molecular weight is 216 g/mol. The van der Waals surface area contributed by atoms with E-state index in [1.165, 1.54) is 0 Å². The van der Waals surface area contributed by atoms with E-state index in [0.29, 0.717) is 16.6 Å². The topological polar surface area (TPSA) is 26.0 Å². The first-order chi connectivity index (χ1) is 6.24. The maximum atomic E-state index is 5.75. The Morgan fingerprint density at radius 2 is 2.15 bits per heavy atom. The van der Waals surface area contributed by atoms with Crippen LogP contribution in [-0.4, -0.2) is 5.88 Å². The van der Waals surface area contributed by atoms with Crippen molar-refractivity contribution < 1.29 is 0 Å². The average Bonchev–Trinajstić information content (AvgIpc) is 2.09. The van der Waals surface area contributed by atoms with Crippen LogP contribution in [0.1, 0.15) is 12.0 Å². The Balaban J connectivity index is 2.77. The van der Waals surface area contributed by atoms with Gasteiger partial charge >= 0.3 is 0 Å². The number of allylic oxidation sites excluding steroid dienone is 1. The van der Waals surface area contributed by atoms with Gasteiger partial charge in [-0.3, -0.25) is 0 Å². The van der Waals surface area contributed by atoms with Gasteiger partial charge in [-0.05, 0) is 24.1 Å². The molecule has 0 unspecified atom stereocenters. The largest absolute Gasteiger partial charge is 0.398 e. The summed E-state index contributed by atoms with van der Waals surface area (Å²) in [6.07, 6.45) is 4.80. The first kappa shape index (κ1) is 10.4. The molecule has 0 spiro atoms. The normalized spacial score (nSPS) is 10.9. The van der Waals surface area contributed by atoms with Crippen LogP contribution in [0.5, 0.6) is 0 Å². The van der Waals surface area contributed by atoms with Crippen molar-refractivity contribution in [3.63, 3.8) is 0 Å². The zero-order chi connectivity index (χ0) is 9.68. The van der Waals surface area contributed by atoms with Crippen LogP contribution in [0, 0.1) is 0 Å². The van der Waals surface area contributed by atoms with Crippen LogP contribution in [0.15, 0.2) is 24.3 Å². The number of benzene rings is 1. The number of nitrogen functional groups attached to an aromatic ring is 1. The van der Waals surface area contributed by atoms with Gasteiger partial charge in [0.15, 0.2) is 0 Å². The van der Waals surface area contributed by atoms with Gasteiger partial charge in [-0.15, -0.1) is 11.6 Å². The van der Waals surface area contributed by atoms with Crippen molar-refractivity contribution in [1.82, 2.24) is 0 Å². The smallest absolute Gasteiger partial charge is 0.0426 e. The fraction of sp³-hybridized carbons (Fsp3) is 0.200. The highest BCUT2D eigenvalue weighted by atomic mass is 35.5. The molecule has 3 heteroatoms. The molecule has 0 radical (unpaired) electrons. The van der Waals surface area contributed by atoms with Crippen molar-refractivity contribution in [3.05, 3.63) is 34.9 Å². The zero-order valence-electron chi connectivity index (χ0n) is 7.13. The van der Waals surface area contributed by atoms with Crippen LogP contribution < -0.4 is 5.73 Å². The fourth-order valence-corrected chi connectivity index (χ4v) is 1.28. The third-order valence-electron chi connectivity index (χ3n) is 1.62. The predicted octanol–water partition coefficient (Wildman–Crippen LogP) is 3.56. The van der Waals surface area contributed by atoms with Crippen molar-refractivity contribution in [2.75, 3.05) is 11.6 Å². The Labute approximate surface area is 88.1 Å². The van der Waals surface area contributed by atoms with Crippen molar-refractivity contribution in [2.24, 2.45) is 0 Å². The summed E-state index contributed by atoms with van der Waals surface area (Å²) >= 11 is 11.3. The quantitative estimate of drug-likeness (QED) is 0.606. The number of anilines is 1. The van der Waals surface area contributed by atoms with E-state index < -0.39 is 0 Å². The molecule has 0 amide bonds. The molecule has 2 N–H and O–H groups in total. The van der Waals surface area contributed by atoms with E-state index in [2.05, 4.69) is 0 Å². The molecule has 0 aliphatic carbocycles. The Morgan fingerprint density at radius 3 is 2.77 bits per heavy atom. The molecule has 1 aromatic rings. The van der Waals surface area contributed by atoms with Gasteiger partial charge in [0.05, 0.1) is 0 Å². The lowest BCUT2D eigenvalue weighted by Crippen LogP contribution is -1.88. The van der Waals surface area contributed by atoms with Crippen LogP contribution in [0.3, 0.4) is 0 Å². The number of hydrogen-bond acceptors (Lipinski definition) is 1. The monoisotopic (exact) mass is 215 g/mol. The standard InChI is InChI=1S/C10H11Cl2N/c11-6-2-1-3-8-4-5-9(12)7-10(8)13/h1,3-5,7H,2,6,13H2. The van der Waals surface area contributed by atoms with Gasteiger partial charge in [-0.2, -0.15) is 0 Å². The van der Waals surface area contributed by atoms with Crippen LogP contribution in [-0.2, 0) is 0 Å². The van der Waals surface area contributed by atoms with Gasteiger partial charge in [0.1, 0.15) is 0 Å². The minimum absolute atomic E-state index is 0.629. The summed E-state index contributed by atoms with van der Waals surface area (Å²) in [5.74, 6) is 0.629.